The fourth-order valence-electron chi connectivity index (χ4n) is 2.61. The molecule has 0 spiro atoms. The van der Waals surface area contributed by atoms with Gasteiger partial charge in [-0.2, -0.15) is 0 Å². The van der Waals surface area contributed by atoms with Crippen LogP contribution in [-0.4, -0.2) is 16.5 Å². The molecule has 3 rings (SSSR count). The first-order valence-electron chi connectivity index (χ1n) is 6.67. The van der Waals surface area contributed by atoms with E-state index in [0.717, 1.165) is 29.6 Å². The predicted molar refractivity (Wildman–Crippen MR) is 76.3 cm³/mol. The molecule has 1 aromatic carbocycles. The second-order valence-corrected chi connectivity index (χ2v) is 5.99. The maximum atomic E-state index is 12.2. The van der Waals surface area contributed by atoms with Gasteiger partial charge in [-0.05, 0) is 37.9 Å². The predicted octanol–water partition coefficient (Wildman–Crippen LogP) is 2.60. The SMILES string of the molecule is O=c1c2ccccc2sn1CCC1CCCCN1. The van der Waals surface area contributed by atoms with Crippen LogP contribution in [0.2, 0.25) is 0 Å². The van der Waals surface area contributed by atoms with E-state index in [1.165, 1.54) is 19.3 Å². The van der Waals surface area contributed by atoms with Crippen LogP contribution in [0.15, 0.2) is 29.1 Å². The lowest BCUT2D eigenvalue weighted by molar-refractivity contribution is 0.369. The standard InChI is InChI=1S/C14H18N2OS/c17-14-12-6-1-2-7-13(12)18-16(14)10-8-11-5-3-4-9-15-11/h1-2,6-7,11,15H,3-5,8-10H2. The molecule has 1 fully saturated rings. The number of aryl methyl sites for hydroxylation is 1. The lowest BCUT2D eigenvalue weighted by Crippen LogP contribution is -2.35. The third-order valence-electron chi connectivity index (χ3n) is 3.65. The number of aromatic nitrogens is 1. The molecule has 0 amide bonds. The summed E-state index contributed by atoms with van der Waals surface area (Å²) in [6, 6.07) is 8.46. The third kappa shape index (κ3) is 2.35. The molecule has 4 heteroatoms. The topological polar surface area (TPSA) is 34.0 Å². The Kier molecular flexibility index (Phi) is 3.48. The summed E-state index contributed by atoms with van der Waals surface area (Å²) in [5, 5.41) is 4.39. The molecule has 0 saturated carbocycles. The summed E-state index contributed by atoms with van der Waals surface area (Å²) in [5.41, 5.74) is 0.173. The van der Waals surface area contributed by atoms with E-state index in [1.54, 1.807) is 11.5 Å². The Morgan fingerprint density at radius 1 is 1.33 bits per heavy atom. The van der Waals surface area contributed by atoms with Gasteiger partial charge in [-0.15, -0.1) is 0 Å². The molecule has 18 heavy (non-hydrogen) atoms. The van der Waals surface area contributed by atoms with Crippen LogP contribution < -0.4 is 10.9 Å². The molecule has 1 aliphatic rings. The first-order valence-corrected chi connectivity index (χ1v) is 7.44. The van der Waals surface area contributed by atoms with E-state index in [4.69, 9.17) is 0 Å². The van der Waals surface area contributed by atoms with Gasteiger partial charge in [0, 0.05) is 12.6 Å². The van der Waals surface area contributed by atoms with Gasteiger partial charge in [0.05, 0.1) is 10.1 Å². The van der Waals surface area contributed by atoms with Crippen molar-refractivity contribution >= 4 is 21.6 Å². The Morgan fingerprint density at radius 3 is 3.00 bits per heavy atom. The zero-order valence-electron chi connectivity index (χ0n) is 10.4. The van der Waals surface area contributed by atoms with Gasteiger partial charge >= 0.3 is 0 Å². The van der Waals surface area contributed by atoms with E-state index in [2.05, 4.69) is 5.32 Å². The van der Waals surface area contributed by atoms with Gasteiger partial charge in [0.2, 0.25) is 0 Å². The lowest BCUT2D eigenvalue weighted by Gasteiger charge is -2.23. The van der Waals surface area contributed by atoms with Gasteiger partial charge in [-0.1, -0.05) is 30.1 Å². The fourth-order valence-corrected chi connectivity index (χ4v) is 3.62. The van der Waals surface area contributed by atoms with Crippen LogP contribution in [0.1, 0.15) is 25.7 Å². The molecule has 2 heterocycles. The van der Waals surface area contributed by atoms with Crippen molar-refractivity contribution in [2.45, 2.75) is 38.3 Å². The van der Waals surface area contributed by atoms with E-state index < -0.39 is 0 Å². The number of piperidine rings is 1. The zero-order chi connectivity index (χ0) is 12.4. The Hall–Kier alpha value is -1.13. The van der Waals surface area contributed by atoms with E-state index >= 15 is 0 Å². The Morgan fingerprint density at radius 2 is 2.22 bits per heavy atom. The molecule has 2 aromatic rings. The second-order valence-electron chi connectivity index (χ2n) is 4.93. The quantitative estimate of drug-likeness (QED) is 0.922. The van der Waals surface area contributed by atoms with Crippen LogP contribution in [0.3, 0.4) is 0 Å². The summed E-state index contributed by atoms with van der Waals surface area (Å²) >= 11 is 1.59. The molecular weight excluding hydrogens is 244 g/mol. The number of nitrogens with one attached hydrogen (secondary N) is 1. The van der Waals surface area contributed by atoms with Crippen molar-refractivity contribution < 1.29 is 0 Å². The smallest absolute Gasteiger partial charge is 0.268 e. The number of nitrogens with zero attached hydrogens (tertiary/aromatic N) is 1. The minimum absolute atomic E-state index is 0.173. The molecule has 0 aliphatic carbocycles. The van der Waals surface area contributed by atoms with Crippen molar-refractivity contribution in [1.29, 1.82) is 0 Å². The van der Waals surface area contributed by atoms with Gasteiger partial charge in [-0.3, -0.25) is 8.75 Å². The molecular formula is C14H18N2OS. The summed E-state index contributed by atoms with van der Waals surface area (Å²) in [6.07, 6.45) is 4.92. The normalized spacial score (nSPS) is 20.3. The first-order chi connectivity index (χ1) is 8.84. The number of hydrogen-bond donors (Lipinski definition) is 1. The van der Waals surface area contributed by atoms with Crippen molar-refractivity contribution in [3.8, 4) is 0 Å². The molecule has 1 saturated heterocycles. The van der Waals surface area contributed by atoms with Crippen LogP contribution in [-0.2, 0) is 6.54 Å². The van der Waals surface area contributed by atoms with Crippen LogP contribution in [0, 0.1) is 0 Å². The van der Waals surface area contributed by atoms with Crippen molar-refractivity contribution in [2.24, 2.45) is 0 Å². The van der Waals surface area contributed by atoms with E-state index in [-0.39, 0.29) is 5.56 Å². The van der Waals surface area contributed by atoms with Gasteiger partial charge in [0.1, 0.15) is 0 Å². The number of fused-ring (bicyclic) bond motifs is 1. The highest BCUT2D eigenvalue weighted by molar-refractivity contribution is 7.13. The van der Waals surface area contributed by atoms with Crippen LogP contribution in [0.5, 0.6) is 0 Å². The molecule has 1 atom stereocenters. The van der Waals surface area contributed by atoms with Crippen LogP contribution in [0.25, 0.3) is 10.1 Å². The van der Waals surface area contributed by atoms with Crippen molar-refractivity contribution in [3.63, 3.8) is 0 Å². The maximum absolute atomic E-state index is 12.2. The molecule has 1 aromatic heterocycles. The van der Waals surface area contributed by atoms with Gasteiger partial charge in [0.15, 0.2) is 0 Å². The summed E-state index contributed by atoms with van der Waals surface area (Å²) in [5.74, 6) is 0. The maximum Gasteiger partial charge on any atom is 0.268 e. The molecule has 0 bridgehead atoms. The third-order valence-corrected chi connectivity index (χ3v) is 4.77. The van der Waals surface area contributed by atoms with Gasteiger partial charge in [0.25, 0.3) is 5.56 Å². The number of benzene rings is 1. The van der Waals surface area contributed by atoms with Crippen molar-refractivity contribution in [3.05, 3.63) is 34.6 Å². The Balaban J connectivity index is 1.74. The first kappa shape index (κ1) is 11.9. The Bertz CT molecular complexity index is 581. The van der Waals surface area contributed by atoms with E-state index in [1.807, 2.05) is 28.2 Å². The minimum atomic E-state index is 0.173. The fraction of sp³-hybridized carbons (Fsp3) is 0.500. The molecule has 1 unspecified atom stereocenters. The van der Waals surface area contributed by atoms with Crippen molar-refractivity contribution in [2.75, 3.05) is 6.54 Å². The summed E-state index contributed by atoms with van der Waals surface area (Å²) in [6.45, 7) is 1.97. The highest BCUT2D eigenvalue weighted by Crippen LogP contribution is 2.17. The monoisotopic (exact) mass is 262 g/mol. The highest BCUT2D eigenvalue weighted by Gasteiger charge is 2.13. The molecule has 3 nitrogen and oxygen atoms in total. The van der Waals surface area contributed by atoms with Gasteiger partial charge in [-0.25, -0.2) is 0 Å². The molecule has 1 aliphatic heterocycles. The molecule has 0 radical (unpaired) electrons. The average molecular weight is 262 g/mol. The van der Waals surface area contributed by atoms with Crippen molar-refractivity contribution in [1.82, 2.24) is 9.27 Å². The van der Waals surface area contributed by atoms with Gasteiger partial charge < -0.3 is 5.32 Å². The molecule has 96 valence electrons. The van der Waals surface area contributed by atoms with E-state index in [9.17, 15) is 4.79 Å². The largest absolute Gasteiger partial charge is 0.314 e. The zero-order valence-corrected chi connectivity index (χ0v) is 11.2. The number of hydrogen-bond acceptors (Lipinski definition) is 3. The lowest BCUT2D eigenvalue weighted by atomic mass is 10.0. The second kappa shape index (κ2) is 5.24. The Labute approximate surface area is 111 Å². The summed E-state index contributed by atoms with van der Waals surface area (Å²) < 4.78 is 3.00. The van der Waals surface area contributed by atoms with E-state index in [0.29, 0.717) is 6.04 Å². The highest BCUT2D eigenvalue weighted by atomic mass is 32.1. The molecule has 1 N–H and O–H groups in total. The average Bonchev–Trinajstić information content (AvgIpc) is 2.75. The summed E-state index contributed by atoms with van der Waals surface area (Å²) in [4.78, 5) is 12.2. The van der Waals surface area contributed by atoms with Crippen LogP contribution in [0.4, 0.5) is 0 Å². The minimum Gasteiger partial charge on any atom is -0.314 e. The van der Waals surface area contributed by atoms with Crippen LogP contribution >= 0.6 is 11.5 Å². The summed E-state index contributed by atoms with van der Waals surface area (Å²) in [7, 11) is 0. The number of rotatable bonds is 3.